The Morgan fingerprint density at radius 3 is 2.16 bits per heavy atom. The van der Waals surface area contributed by atoms with Crippen LogP contribution in [0.15, 0.2) is 66.7 Å². The van der Waals surface area contributed by atoms with Crippen molar-refractivity contribution < 1.29 is 0 Å². The van der Waals surface area contributed by atoms with Crippen LogP contribution >= 0.6 is 0 Å². The van der Waals surface area contributed by atoms with Crippen molar-refractivity contribution in [1.82, 2.24) is 9.38 Å². The van der Waals surface area contributed by atoms with Crippen molar-refractivity contribution in [3.8, 4) is 11.3 Å². The molecule has 5 rings (SSSR count). The number of nitrogens with zero attached hydrogens (tertiary/aromatic N) is 2. The maximum absolute atomic E-state index is 5.15. The molecular formula is C29H30N2. The smallest absolute Gasteiger partial charge is 0.145 e. The highest BCUT2D eigenvalue weighted by Gasteiger charge is 2.22. The van der Waals surface area contributed by atoms with Crippen molar-refractivity contribution in [2.45, 2.75) is 47.0 Å². The van der Waals surface area contributed by atoms with Crippen LogP contribution in [0.2, 0.25) is 0 Å². The van der Waals surface area contributed by atoms with Gasteiger partial charge in [0.2, 0.25) is 0 Å². The molecule has 0 fully saturated rings. The molecule has 0 radical (unpaired) electrons. The third-order valence-electron chi connectivity index (χ3n) is 6.32. The third kappa shape index (κ3) is 3.13. The topological polar surface area (TPSA) is 17.3 Å². The van der Waals surface area contributed by atoms with Gasteiger partial charge >= 0.3 is 0 Å². The van der Waals surface area contributed by atoms with E-state index in [1.807, 2.05) is 0 Å². The van der Waals surface area contributed by atoms with Gasteiger partial charge < -0.3 is 0 Å². The fraction of sp³-hybridized carbons (Fsp3) is 0.276. The Bertz CT molecular complexity index is 1420. The normalized spacial score (nSPS) is 12.1. The molecule has 0 aliphatic rings. The highest BCUT2D eigenvalue weighted by molar-refractivity contribution is 6.12. The van der Waals surface area contributed by atoms with Gasteiger partial charge in [-0.05, 0) is 47.8 Å². The minimum atomic E-state index is 0.443. The van der Waals surface area contributed by atoms with Gasteiger partial charge in [0.1, 0.15) is 5.65 Å². The summed E-state index contributed by atoms with van der Waals surface area (Å²) in [6.45, 7) is 11.4. The summed E-state index contributed by atoms with van der Waals surface area (Å²) < 4.78 is 2.41. The molecule has 0 amide bonds. The molecule has 5 aromatic rings. The van der Waals surface area contributed by atoms with Crippen LogP contribution in [0.4, 0.5) is 0 Å². The predicted molar refractivity (Wildman–Crippen MR) is 133 cm³/mol. The first-order chi connectivity index (χ1) is 15.0. The van der Waals surface area contributed by atoms with E-state index in [0.717, 1.165) is 17.8 Å². The fourth-order valence-electron chi connectivity index (χ4n) is 5.05. The molecule has 2 heterocycles. The van der Waals surface area contributed by atoms with Crippen molar-refractivity contribution in [2.75, 3.05) is 0 Å². The van der Waals surface area contributed by atoms with Crippen LogP contribution in [0.5, 0.6) is 0 Å². The summed E-state index contributed by atoms with van der Waals surface area (Å²) in [5.74, 6) is 1.04. The van der Waals surface area contributed by atoms with Crippen molar-refractivity contribution in [3.63, 3.8) is 0 Å². The minimum absolute atomic E-state index is 0.443. The van der Waals surface area contributed by atoms with E-state index in [-0.39, 0.29) is 0 Å². The Hall–Kier alpha value is -3.13. The lowest BCUT2D eigenvalue weighted by molar-refractivity contribution is 0.647. The number of hydrogen-bond donors (Lipinski definition) is 0. The first-order valence-corrected chi connectivity index (χ1v) is 11.4. The zero-order valence-electron chi connectivity index (χ0n) is 19.1. The van der Waals surface area contributed by atoms with Crippen molar-refractivity contribution in [3.05, 3.63) is 83.6 Å². The van der Waals surface area contributed by atoms with E-state index in [9.17, 15) is 0 Å². The maximum atomic E-state index is 5.15. The minimum Gasteiger partial charge on any atom is -0.291 e. The van der Waals surface area contributed by atoms with E-state index in [1.54, 1.807) is 0 Å². The molecule has 156 valence electrons. The van der Waals surface area contributed by atoms with E-state index in [2.05, 4.69) is 106 Å². The Balaban J connectivity index is 2.00. The molecule has 2 nitrogen and oxygen atoms in total. The van der Waals surface area contributed by atoms with Gasteiger partial charge in [-0.1, -0.05) is 88.4 Å². The summed E-state index contributed by atoms with van der Waals surface area (Å²) in [7, 11) is 0. The third-order valence-corrected chi connectivity index (χ3v) is 6.32. The Kier molecular flexibility index (Phi) is 4.81. The second-order valence-corrected chi connectivity index (χ2v) is 9.40. The molecule has 0 bridgehead atoms. The van der Waals surface area contributed by atoms with Crippen LogP contribution in [-0.2, 0) is 6.42 Å². The van der Waals surface area contributed by atoms with Crippen molar-refractivity contribution in [1.29, 1.82) is 0 Å². The van der Waals surface area contributed by atoms with E-state index in [1.165, 1.54) is 44.1 Å². The molecule has 2 heteroatoms. The quantitative estimate of drug-likeness (QED) is 0.277. The summed E-state index contributed by atoms with van der Waals surface area (Å²) >= 11 is 0. The van der Waals surface area contributed by atoms with E-state index in [0.29, 0.717) is 11.8 Å². The van der Waals surface area contributed by atoms with Gasteiger partial charge in [0.15, 0.2) is 0 Å². The van der Waals surface area contributed by atoms with Gasteiger partial charge in [-0.3, -0.25) is 4.40 Å². The highest BCUT2D eigenvalue weighted by Crippen LogP contribution is 2.39. The summed E-state index contributed by atoms with van der Waals surface area (Å²) in [5.41, 5.74) is 8.81. The van der Waals surface area contributed by atoms with Gasteiger partial charge in [-0.2, -0.15) is 0 Å². The number of aromatic nitrogens is 2. The zero-order chi connectivity index (χ0) is 21.7. The Morgan fingerprint density at radius 1 is 0.774 bits per heavy atom. The average Bonchev–Trinajstić information content (AvgIpc) is 3.10. The lowest BCUT2D eigenvalue weighted by Crippen LogP contribution is -2.04. The van der Waals surface area contributed by atoms with Gasteiger partial charge in [-0.15, -0.1) is 0 Å². The van der Waals surface area contributed by atoms with Gasteiger partial charge in [0, 0.05) is 16.3 Å². The Labute approximate surface area is 184 Å². The molecular weight excluding hydrogens is 376 g/mol. The number of imidazole rings is 1. The monoisotopic (exact) mass is 406 g/mol. The molecule has 0 aliphatic heterocycles. The molecule has 3 aromatic carbocycles. The molecule has 0 aliphatic carbocycles. The number of para-hydroxylation sites is 1. The predicted octanol–water partition coefficient (Wildman–Crippen LogP) is 7.94. The van der Waals surface area contributed by atoms with Crippen LogP contribution in [0.3, 0.4) is 0 Å². The van der Waals surface area contributed by atoms with Gasteiger partial charge in [-0.25, -0.2) is 4.98 Å². The molecule has 0 atom stereocenters. The molecule has 0 saturated carbocycles. The average molecular weight is 407 g/mol. The second kappa shape index (κ2) is 7.53. The number of rotatable bonds is 4. The van der Waals surface area contributed by atoms with Crippen LogP contribution in [-0.4, -0.2) is 9.38 Å². The first-order valence-electron chi connectivity index (χ1n) is 11.4. The number of fused-ring (bicyclic) bond motifs is 6. The molecule has 0 N–H and O–H groups in total. The lowest BCUT2D eigenvalue weighted by Gasteiger charge is -2.20. The lowest BCUT2D eigenvalue weighted by atomic mass is 9.87. The summed E-state index contributed by atoms with van der Waals surface area (Å²) in [6, 6.07) is 24.2. The Morgan fingerprint density at radius 2 is 1.45 bits per heavy atom. The number of pyridine rings is 1. The molecule has 0 saturated heterocycles. The highest BCUT2D eigenvalue weighted by atomic mass is 15.0. The second-order valence-electron chi connectivity index (χ2n) is 9.40. The number of aryl methyl sites for hydroxylation is 1. The van der Waals surface area contributed by atoms with E-state index < -0.39 is 0 Å². The summed E-state index contributed by atoms with van der Waals surface area (Å²) in [6.07, 6.45) is 1.06. The van der Waals surface area contributed by atoms with E-state index in [4.69, 9.17) is 4.98 Å². The molecule has 0 spiro atoms. The summed E-state index contributed by atoms with van der Waals surface area (Å²) in [4.78, 5) is 5.15. The van der Waals surface area contributed by atoms with E-state index >= 15 is 0 Å². The van der Waals surface area contributed by atoms with Gasteiger partial charge in [0.05, 0.1) is 16.9 Å². The summed E-state index contributed by atoms with van der Waals surface area (Å²) in [5, 5.41) is 3.75. The molecule has 2 aromatic heterocycles. The number of hydrogen-bond acceptors (Lipinski definition) is 1. The number of benzene rings is 3. The van der Waals surface area contributed by atoms with Crippen LogP contribution in [0.25, 0.3) is 38.6 Å². The SMILES string of the molecule is Cc1nc2c3ccccc3c3ccccc3n2c1-c1c(CC(C)C)cccc1C(C)C. The standard InChI is InChI=1S/C29H30N2/c1-18(2)17-21-11-10-15-22(19(3)4)27(21)28-20(5)30-29-25-14-7-6-12-23(25)24-13-8-9-16-26(24)31(28)29/h6-16,18-19H,17H2,1-5H3. The molecule has 0 unspecified atom stereocenters. The largest absolute Gasteiger partial charge is 0.291 e. The van der Waals surface area contributed by atoms with Gasteiger partial charge in [0.25, 0.3) is 0 Å². The maximum Gasteiger partial charge on any atom is 0.145 e. The van der Waals surface area contributed by atoms with Crippen LogP contribution in [0.1, 0.15) is 50.4 Å². The van der Waals surface area contributed by atoms with Crippen LogP contribution < -0.4 is 0 Å². The fourth-order valence-corrected chi connectivity index (χ4v) is 5.05. The van der Waals surface area contributed by atoms with Crippen molar-refractivity contribution >= 4 is 27.3 Å². The van der Waals surface area contributed by atoms with Crippen molar-refractivity contribution in [2.24, 2.45) is 5.92 Å². The molecule has 31 heavy (non-hydrogen) atoms. The first kappa shape index (κ1) is 19.8. The zero-order valence-corrected chi connectivity index (χ0v) is 19.1. The van der Waals surface area contributed by atoms with Crippen LogP contribution in [0, 0.1) is 12.8 Å².